The topological polar surface area (TPSA) is 18.5 Å². The number of hydrogen-bond donors (Lipinski definition) is 0. The van der Waals surface area contributed by atoms with Crippen LogP contribution in [0.15, 0.2) is 53.4 Å². The minimum absolute atomic E-state index is 0.155. The van der Waals surface area contributed by atoms with Crippen LogP contribution >= 0.6 is 12.0 Å². The summed E-state index contributed by atoms with van der Waals surface area (Å²) in [4.78, 5) is 1.13. The summed E-state index contributed by atoms with van der Waals surface area (Å²) in [5.41, 5.74) is 2.57. The minimum atomic E-state index is 0.155. The molecule has 0 saturated carbocycles. The van der Waals surface area contributed by atoms with Crippen LogP contribution in [0.4, 0.5) is 0 Å². The molecule has 0 amide bonds. The van der Waals surface area contributed by atoms with Crippen molar-refractivity contribution in [3.05, 3.63) is 59.7 Å². The Kier molecular flexibility index (Phi) is 4.28. The predicted octanol–water partition coefficient (Wildman–Crippen LogP) is 4.41. The Morgan fingerprint density at radius 2 is 1.95 bits per heavy atom. The van der Waals surface area contributed by atoms with E-state index in [9.17, 15) is 0 Å². The molecule has 1 aliphatic heterocycles. The van der Waals surface area contributed by atoms with Crippen molar-refractivity contribution in [1.29, 1.82) is 0 Å². The fourth-order valence-electron chi connectivity index (χ4n) is 2.27. The van der Waals surface area contributed by atoms with Crippen molar-refractivity contribution in [3.8, 4) is 5.75 Å². The van der Waals surface area contributed by atoms with Gasteiger partial charge in [0.15, 0.2) is 0 Å². The fraction of sp³-hybridized carbons (Fsp3) is 0.294. The second-order valence-electron chi connectivity index (χ2n) is 5.07. The number of fused-ring (bicyclic) bond motifs is 1. The Hall–Kier alpha value is -1.45. The lowest BCUT2D eigenvalue weighted by atomic mass is 10.0. The summed E-state index contributed by atoms with van der Waals surface area (Å²) < 4.78 is 11.7. The van der Waals surface area contributed by atoms with Crippen molar-refractivity contribution in [1.82, 2.24) is 0 Å². The molecule has 1 atom stereocenters. The van der Waals surface area contributed by atoms with Crippen LogP contribution in [0.2, 0.25) is 0 Å². The van der Waals surface area contributed by atoms with E-state index in [-0.39, 0.29) is 6.10 Å². The number of ether oxygens (including phenoxy) is 1. The van der Waals surface area contributed by atoms with E-state index in [1.165, 1.54) is 23.2 Å². The molecule has 2 aromatic rings. The highest BCUT2D eigenvalue weighted by atomic mass is 32.2. The van der Waals surface area contributed by atoms with E-state index in [4.69, 9.17) is 8.92 Å². The van der Waals surface area contributed by atoms with Crippen LogP contribution in [-0.2, 0) is 10.6 Å². The van der Waals surface area contributed by atoms with Gasteiger partial charge in [-0.25, -0.2) is 0 Å². The van der Waals surface area contributed by atoms with Crippen LogP contribution in [0.5, 0.6) is 5.75 Å². The SMILES string of the molecule is Cc1ccc(SOC[C@H]2CCc3ccccc3O2)cc1. The van der Waals surface area contributed by atoms with E-state index < -0.39 is 0 Å². The van der Waals surface area contributed by atoms with Crippen molar-refractivity contribution in [2.24, 2.45) is 0 Å². The summed E-state index contributed by atoms with van der Waals surface area (Å²) in [6.45, 7) is 2.70. The average molecular weight is 286 g/mol. The highest BCUT2D eigenvalue weighted by molar-refractivity contribution is 7.94. The molecule has 0 bridgehead atoms. The largest absolute Gasteiger partial charge is 0.488 e. The molecule has 0 aromatic heterocycles. The summed E-state index contributed by atoms with van der Waals surface area (Å²) in [6.07, 6.45) is 2.24. The quantitative estimate of drug-likeness (QED) is 0.776. The average Bonchev–Trinajstić information content (AvgIpc) is 2.49. The van der Waals surface area contributed by atoms with Crippen molar-refractivity contribution in [2.75, 3.05) is 6.61 Å². The second kappa shape index (κ2) is 6.33. The normalized spacial score (nSPS) is 17.4. The first-order valence-electron chi connectivity index (χ1n) is 6.92. The number of para-hydroxylation sites is 1. The number of benzene rings is 2. The van der Waals surface area contributed by atoms with Crippen LogP contribution in [0.1, 0.15) is 17.5 Å². The first kappa shape index (κ1) is 13.5. The molecule has 3 heteroatoms. The zero-order chi connectivity index (χ0) is 13.8. The first-order valence-corrected chi connectivity index (χ1v) is 7.66. The molecule has 3 rings (SSSR count). The molecular weight excluding hydrogens is 268 g/mol. The molecule has 0 aliphatic carbocycles. The van der Waals surface area contributed by atoms with Crippen LogP contribution < -0.4 is 4.74 Å². The maximum absolute atomic E-state index is 5.95. The maximum atomic E-state index is 5.95. The van der Waals surface area contributed by atoms with Gasteiger partial charge >= 0.3 is 0 Å². The van der Waals surface area contributed by atoms with Crippen LogP contribution in [-0.4, -0.2) is 12.7 Å². The van der Waals surface area contributed by atoms with Gasteiger partial charge < -0.3 is 8.92 Å². The van der Waals surface area contributed by atoms with Gasteiger partial charge in [-0.15, -0.1) is 0 Å². The summed E-state index contributed by atoms with van der Waals surface area (Å²) >= 11 is 1.42. The van der Waals surface area contributed by atoms with E-state index in [0.29, 0.717) is 6.61 Å². The van der Waals surface area contributed by atoms with Gasteiger partial charge in [-0.2, -0.15) is 0 Å². The van der Waals surface area contributed by atoms with Crippen molar-refractivity contribution in [3.63, 3.8) is 0 Å². The van der Waals surface area contributed by atoms with Crippen LogP contribution in [0.3, 0.4) is 0 Å². The first-order chi connectivity index (χ1) is 9.81. The lowest BCUT2D eigenvalue weighted by Gasteiger charge is -2.25. The number of hydrogen-bond acceptors (Lipinski definition) is 3. The Balaban J connectivity index is 1.49. The smallest absolute Gasteiger partial charge is 0.124 e. The molecule has 104 valence electrons. The van der Waals surface area contributed by atoms with E-state index in [0.717, 1.165) is 23.5 Å². The Morgan fingerprint density at radius 3 is 2.80 bits per heavy atom. The third-order valence-electron chi connectivity index (χ3n) is 3.43. The van der Waals surface area contributed by atoms with Gasteiger partial charge in [-0.3, -0.25) is 0 Å². The third-order valence-corrected chi connectivity index (χ3v) is 4.15. The van der Waals surface area contributed by atoms with Gasteiger partial charge in [0.2, 0.25) is 0 Å². The number of aryl methyl sites for hydroxylation is 2. The molecule has 0 spiro atoms. The molecule has 0 radical (unpaired) electrons. The van der Waals surface area contributed by atoms with Crippen LogP contribution in [0.25, 0.3) is 0 Å². The van der Waals surface area contributed by atoms with Gasteiger partial charge in [0.25, 0.3) is 0 Å². The van der Waals surface area contributed by atoms with Crippen molar-refractivity contribution < 1.29 is 8.92 Å². The molecule has 0 unspecified atom stereocenters. The summed E-state index contributed by atoms with van der Waals surface area (Å²) in [5, 5.41) is 0. The predicted molar refractivity (Wildman–Crippen MR) is 82.2 cm³/mol. The lowest BCUT2D eigenvalue weighted by Crippen LogP contribution is -2.26. The monoisotopic (exact) mass is 286 g/mol. The maximum Gasteiger partial charge on any atom is 0.124 e. The van der Waals surface area contributed by atoms with Gasteiger partial charge in [0.05, 0.1) is 6.61 Å². The Labute approximate surface area is 124 Å². The Morgan fingerprint density at radius 1 is 1.15 bits per heavy atom. The summed E-state index contributed by atoms with van der Waals surface area (Å²) in [7, 11) is 0. The van der Waals surface area contributed by atoms with E-state index in [2.05, 4.69) is 43.3 Å². The third kappa shape index (κ3) is 3.35. The molecule has 0 N–H and O–H groups in total. The lowest BCUT2D eigenvalue weighted by molar-refractivity contribution is 0.120. The molecule has 0 fully saturated rings. The minimum Gasteiger partial charge on any atom is -0.488 e. The van der Waals surface area contributed by atoms with E-state index >= 15 is 0 Å². The highest BCUT2D eigenvalue weighted by Crippen LogP contribution is 2.28. The van der Waals surface area contributed by atoms with Gasteiger partial charge in [-0.05, 0) is 43.5 Å². The number of rotatable bonds is 4. The molecule has 1 heterocycles. The molecule has 20 heavy (non-hydrogen) atoms. The van der Waals surface area contributed by atoms with Crippen LogP contribution in [0, 0.1) is 6.92 Å². The fourth-order valence-corrected chi connectivity index (χ4v) is 2.87. The second-order valence-corrected chi connectivity index (χ2v) is 5.94. The van der Waals surface area contributed by atoms with Gasteiger partial charge in [0, 0.05) is 16.9 Å². The molecule has 2 aromatic carbocycles. The summed E-state index contributed by atoms with van der Waals surface area (Å²) in [6, 6.07) is 16.6. The molecule has 2 nitrogen and oxygen atoms in total. The van der Waals surface area contributed by atoms with E-state index in [1.54, 1.807) is 0 Å². The van der Waals surface area contributed by atoms with E-state index in [1.807, 2.05) is 12.1 Å². The molecule has 0 saturated heterocycles. The van der Waals surface area contributed by atoms with Gasteiger partial charge in [-0.1, -0.05) is 35.9 Å². The Bertz CT molecular complexity index is 565. The van der Waals surface area contributed by atoms with Crippen molar-refractivity contribution in [2.45, 2.75) is 30.8 Å². The zero-order valence-electron chi connectivity index (χ0n) is 11.5. The van der Waals surface area contributed by atoms with Crippen molar-refractivity contribution >= 4 is 12.0 Å². The molecule has 1 aliphatic rings. The zero-order valence-corrected chi connectivity index (χ0v) is 12.4. The standard InChI is InChI=1S/C17H18O2S/c1-13-6-10-16(11-7-13)20-18-12-15-9-8-14-4-2-3-5-17(14)19-15/h2-7,10-11,15H,8-9,12H2,1H3/t15-/m1/s1. The van der Waals surface area contributed by atoms with Gasteiger partial charge in [0.1, 0.15) is 11.9 Å². The highest BCUT2D eigenvalue weighted by Gasteiger charge is 2.19. The summed E-state index contributed by atoms with van der Waals surface area (Å²) in [5.74, 6) is 1.01. The molecular formula is C17H18O2S.